The Labute approximate surface area is 227 Å². The lowest BCUT2D eigenvalue weighted by Gasteiger charge is -2.13. The predicted octanol–water partition coefficient (Wildman–Crippen LogP) is 6.73. The molecule has 1 atom stereocenters. The first-order valence-electron chi connectivity index (χ1n) is 12.9. The van der Waals surface area contributed by atoms with Crippen molar-refractivity contribution in [1.29, 1.82) is 0 Å². The first kappa shape index (κ1) is 26.0. The second-order valence-corrected chi connectivity index (χ2v) is 9.24. The van der Waals surface area contributed by atoms with E-state index in [1.54, 1.807) is 0 Å². The molecular formula is C32H30N2O5. The lowest BCUT2D eigenvalue weighted by atomic mass is 9.95. The molecule has 3 aromatic carbocycles. The highest BCUT2D eigenvalue weighted by Gasteiger charge is 2.28. The standard InChI is InChI=1S/C32H30N2O5/c1-21-28(33-30(38-21)24-10-6-4-7-11-24)18-19-37-26-16-14-23(15-17-26)20-27(32(35)36-3)29-22(2)39-31(34-29)25-12-8-5-9-13-25/h4-17,27H,18-20H2,1-3H3. The molecule has 0 spiro atoms. The highest BCUT2D eigenvalue weighted by atomic mass is 16.5. The molecule has 0 aliphatic rings. The zero-order chi connectivity index (χ0) is 27.2. The van der Waals surface area contributed by atoms with Gasteiger partial charge in [-0.1, -0.05) is 48.5 Å². The predicted molar refractivity (Wildman–Crippen MR) is 147 cm³/mol. The maximum atomic E-state index is 12.7. The summed E-state index contributed by atoms with van der Waals surface area (Å²) in [5.41, 5.74) is 4.23. The van der Waals surface area contributed by atoms with Crippen LogP contribution < -0.4 is 4.74 Å². The highest BCUT2D eigenvalue weighted by Crippen LogP contribution is 2.30. The molecule has 1 unspecified atom stereocenters. The number of benzene rings is 3. The van der Waals surface area contributed by atoms with Gasteiger partial charge in [-0.3, -0.25) is 4.79 Å². The molecule has 5 aromatic rings. The van der Waals surface area contributed by atoms with Crippen molar-refractivity contribution in [2.45, 2.75) is 32.6 Å². The monoisotopic (exact) mass is 522 g/mol. The molecule has 5 rings (SSSR count). The van der Waals surface area contributed by atoms with E-state index in [-0.39, 0.29) is 5.97 Å². The van der Waals surface area contributed by atoms with Crippen LogP contribution in [0, 0.1) is 13.8 Å². The van der Waals surface area contributed by atoms with Crippen LogP contribution in [0.25, 0.3) is 22.9 Å². The lowest BCUT2D eigenvalue weighted by molar-refractivity contribution is -0.142. The first-order valence-corrected chi connectivity index (χ1v) is 12.9. The molecule has 0 saturated heterocycles. The second kappa shape index (κ2) is 11.8. The smallest absolute Gasteiger partial charge is 0.315 e. The van der Waals surface area contributed by atoms with Crippen LogP contribution in [-0.2, 0) is 22.4 Å². The van der Waals surface area contributed by atoms with E-state index in [1.807, 2.05) is 98.8 Å². The minimum atomic E-state index is -0.586. The summed E-state index contributed by atoms with van der Waals surface area (Å²) in [6.45, 7) is 4.20. The van der Waals surface area contributed by atoms with Crippen molar-refractivity contribution in [1.82, 2.24) is 9.97 Å². The van der Waals surface area contributed by atoms with Crippen LogP contribution in [0.15, 0.2) is 93.8 Å². The normalized spacial score (nSPS) is 11.8. The van der Waals surface area contributed by atoms with Crippen molar-refractivity contribution >= 4 is 5.97 Å². The molecule has 2 aromatic heterocycles. The Kier molecular flexibility index (Phi) is 7.87. The molecule has 198 valence electrons. The molecule has 2 heterocycles. The number of ether oxygens (including phenoxy) is 2. The highest BCUT2D eigenvalue weighted by molar-refractivity contribution is 5.78. The maximum absolute atomic E-state index is 12.7. The van der Waals surface area contributed by atoms with E-state index in [2.05, 4.69) is 9.97 Å². The van der Waals surface area contributed by atoms with E-state index in [0.717, 1.165) is 33.9 Å². The van der Waals surface area contributed by atoms with Crippen molar-refractivity contribution in [3.63, 3.8) is 0 Å². The van der Waals surface area contributed by atoms with Gasteiger partial charge in [0, 0.05) is 17.5 Å². The van der Waals surface area contributed by atoms with Crippen LogP contribution in [0.2, 0.25) is 0 Å². The van der Waals surface area contributed by atoms with Crippen molar-refractivity contribution < 1.29 is 23.1 Å². The Hall–Kier alpha value is -4.65. The van der Waals surface area contributed by atoms with E-state index < -0.39 is 5.92 Å². The number of aryl methyl sites for hydroxylation is 2. The van der Waals surface area contributed by atoms with Gasteiger partial charge in [0.1, 0.15) is 23.2 Å². The Morgan fingerprint density at radius 1 is 0.795 bits per heavy atom. The Balaban J connectivity index is 1.22. The van der Waals surface area contributed by atoms with Gasteiger partial charge in [0.15, 0.2) is 0 Å². The molecule has 0 aliphatic carbocycles. The van der Waals surface area contributed by atoms with Crippen LogP contribution in [0.5, 0.6) is 5.75 Å². The average molecular weight is 523 g/mol. The van der Waals surface area contributed by atoms with Crippen molar-refractivity contribution in [3.05, 3.63) is 113 Å². The van der Waals surface area contributed by atoms with Gasteiger partial charge in [0.05, 0.1) is 25.1 Å². The van der Waals surface area contributed by atoms with E-state index in [4.69, 9.17) is 18.3 Å². The molecule has 39 heavy (non-hydrogen) atoms. The lowest BCUT2D eigenvalue weighted by Crippen LogP contribution is -2.18. The SMILES string of the molecule is COC(=O)C(Cc1ccc(OCCc2nc(-c3ccccc3)oc2C)cc1)c1nc(-c2ccccc2)oc1C. The van der Waals surface area contributed by atoms with Gasteiger partial charge in [0.25, 0.3) is 0 Å². The van der Waals surface area contributed by atoms with Gasteiger partial charge in [0.2, 0.25) is 11.8 Å². The summed E-state index contributed by atoms with van der Waals surface area (Å²) in [6, 6.07) is 27.2. The number of esters is 1. The third-order valence-electron chi connectivity index (χ3n) is 6.55. The van der Waals surface area contributed by atoms with Crippen LogP contribution in [-0.4, -0.2) is 29.7 Å². The quantitative estimate of drug-likeness (QED) is 0.188. The Morgan fingerprint density at radius 3 is 2.00 bits per heavy atom. The van der Waals surface area contributed by atoms with Crippen LogP contribution in [0.1, 0.15) is 34.4 Å². The topological polar surface area (TPSA) is 87.6 Å². The van der Waals surface area contributed by atoms with Gasteiger partial charge < -0.3 is 18.3 Å². The zero-order valence-electron chi connectivity index (χ0n) is 22.2. The minimum absolute atomic E-state index is 0.357. The van der Waals surface area contributed by atoms with Gasteiger partial charge in [-0.05, 0) is 62.2 Å². The fourth-order valence-corrected chi connectivity index (χ4v) is 4.46. The third-order valence-corrected chi connectivity index (χ3v) is 6.55. The number of rotatable bonds is 10. The molecule has 0 radical (unpaired) electrons. The summed E-state index contributed by atoms with van der Waals surface area (Å²) in [4.78, 5) is 22.0. The number of oxazole rings is 2. The van der Waals surface area contributed by atoms with E-state index in [0.29, 0.717) is 42.7 Å². The fourth-order valence-electron chi connectivity index (χ4n) is 4.46. The zero-order valence-corrected chi connectivity index (χ0v) is 22.2. The molecule has 0 amide bonds. The molecule has 7 heteroatoms. The van der Waals surface area contributed by atoms with Crippen molar-refractivity contribution in [3.8, 4) is 28.7 Å². The molecule has 0 saturated carbocycles. The van der Waals surface area contributed by atoms with Gasteiger partial charge in [-0.15, -0.1) is 0 Å². The minimum Gasteiger partial charge on any atom is -0.493 e. The van der Waals surface area contributed by atoms with E-state index in [1.165, 1.54) is 7.11 Å². The van der Waals surface area contributed by atoms with E-state index >= 15 is 0 Å². The van der Waals surface area contributed by atoms with Crippen LogP contribution in [0.3, 0.4) is 0 Å². The number of hydrogen-bond acceptors (Lipinski definition) is 7. The van der Waals surface area contributed by atoms with Crippen LogP contribution >= 0.6 is 0 Å². The van der Waals surface area contributed by atoms with E-state index in [9.17, 15) is 4.79 Å². The molecule has 0 aliphatic heterocycles. The number of methoxy groups -OCH3 is 1. The number of hydrogen-bond donors (Lipinski definition) is 0. The summed E-state index contributed by atoms with van der Waals surface area (Å²) in [7, 11) is 1.39. The second-order valence-electron chi connectivity index (χ2n) is 9.24. The number of carbonyl (C=O) groups is 1. The van der Waals surface area contributed by atoms with Crippen molar-refractivity contribution in [2.24, 2.45) is 0 Å². The summed E-state index contributed by atoms with van der Waals surface area (Å²) >= 11 is 0. The largest absolute Gasteiger partial charge is 0.493 e. The Morgan fingerprint density at radius 2 is 1.38 bits per heavy atom. The van der Waals surface area contributed by atoms with Gasteiger partial charge >= 0.3 is 5.97 Å². The maximum Gasteiger partial charge on any atom is 0.315 e. The van der Waals surface area contributed by atoms with Crippen LogP contribution in [0.4, 0.5) is 0 Å². The first-order chi connectivity index (χ1) is 19.0. The molecular weight excluding hydrogens is 492 g/mol. The third kappa shape index (κ3) is 6.09. The molecule has 0 fully saturated rings. The summed E-state index contributed by atoms with van der Waals surface area (Å²) in [5, 5.41) is 0. The summed E-state index contributed by atoms with van der Waals surface area (Å²) in [5.74, 6) is 2.29. The number of aromatic nitrogens is 2. The molecule has 0 N–H and O–H groups in total. The van der Waals surface area contributed by atoms with Crippen molar-refractivity contribution in [2.75, 3.05) is 13.7 Å². The average Bonchev–Trinajstić information content (AvgIpc) is 3.55. The number of carbonyl (C=O) groups excluding carboxylic acids is 1. The summed E-state index contributed by atoms with van der Waals surface area (Å²) in [6.07, 6.45) is 1.05. The number of nitrogens with zero attached hydrogens (tertiary/aromatic N) is 2. The molecule has 0 bridgehead atoms. The molecule has 7 nitrogen and oxygen atoms in total. The van der Waals surface area contributed by atoms with Gasteiger partial charge in [-0.2, -0.15) is 0 Å². The van der Waals surface area contributed by atoms with Gasteiger partial charge in [-0.25, -0.2) is 9.97 Å². The Bertz CT molecular complexity index is 1520. The summed E-state index contributed by atoms with van der Waals surface area (Å²) < 4.78 is 22.8. The fraction of sp³-hybridized carbons (Fsp3) is 0.219.